The van der Waals surface area contributed by atoms with Gasteiger partial charge in [0.1, 0.15) is 11.6 Å². The highest BCUT2D eigenvalue weighted by Gasteiger charge is 2.36. The van der Waals surface area contributed by atoms with Crippen LogP contribution in [0.2, 0.25) is 5.02 Å². The Bertz CT molecular complexity index is 1010. The number of nitrogens with one attached hydrogen (secondary N) is 2. The predicted octanol–water partition coefficient (Wildman–Crippen LogP) is 6.14. The zero-order chi connectivity index (χ0) is 22.7. The molecule has 0 saturated heterocycles. The average Bonchev–Trinajstić information content (AvgIpc) is 2.63. The molecule has 2 rings (SSSR count). The molecule has 30 heavy (non-hydrogen) atoms. The summed E-state index contributed by atoms with van der Waals surface area (Å²) >= 11 is 5.93. The smallest absolute Gasteiger partial charge is 0.360 e. The molecule has 0 bridgehead atoms. The van der Waals surface area contributed by atoms with Crippen molar-refractivity contribution in [3.63, 3.8) is 0 Å². The van der Waals surface area contributed by atoms with Crippen LogP contribution in [0.1, 0.15) is 16.7 Å². The number of anilines is 2. The van der Waals surface area contributed by atoms with Crippen LogP contribution in [0.3, 0.4) is 0 Å². The third-order valence-electron chi connectivity index (χ3n) is 3.77. The number of nitriles is 1. The van der Waals surface area contributed by atoms with Crippen molar-refractivity contribution in [1.82, 2.24) is 0 Å². The minimum Gasteiger partial charge on any atom is -0.360 e. The summed E-state index contributed by atoms with van der Waals surface area (Å²) in [7, 11) is 0. The Hall–Kier alpha value is -3.19. The number of carbonyl (C=O) groups is 1. The van der Waals surface area contributed by atoms with E-state index in [0.717, 1.165) is 5.56 Å². The molecule has 11 heteroatoms. The summed E-state index contributed by atoms with van der Waals surface area (Å²) < 4.78 is 77.4. The SMILES string of the molecule is Cc1ccc(NC(=O)/C(C#N)=C\Nc2cc(C(F)(F)F)cc(C(F)(F)F)c2)cc1Cl. The maximum Gasteiger partial charge on any atom is 0.416 e. The van der Waals surface area contributed by atoms with Gasteiger partial charge in [-0.1, -0.05) is 17.7 Å². The Morgan fingerprint density at radius 2 is 1.57 bits per heavy atom. The Kier molecular flexibility index (Phi) is 6.67. The molecule has 0 aromatic heterocycles. The van der Waals surface area contributed by atoms with Gasteiger partial charge in [-0.05, 0) is 42.8 Å². The second kappa shape index (κ2) is 8.67. The van der Waals surface area contributed by atoms with Crippen molar-refractivity contribution < 1.29 is 31.1 Å². The van der Waals surface area contributed by atoms with E-state index in [4.69, 9.17) is 16.9 Å². The summed E-state index contributed by atoms with van der Waals surface area (Å²) in [5.41, 5.74) is -3.28. The number of nitrogens with zero attached hydrogens (tertiary/aromatic N) is 1. The van der Waals surface area contributed by atoms with Crippen LogP contribution in [-0.4, -0.2) is 5.91 Å². The van der Waals surface area contributed by atoms with Gasteiger partial charge >= 0.3 is 12.4 Å². The number of carbonyl (C=O) groups excluding carboxylic acids is 1. The first-order valence-corrected chi connectivity index (χ1v) is 8.43. The highest BCUT2D eigenvalue weighted by molar-refractivity contribution is 6.31. The van der Waals surface area contributed by atoms with Crippen molar-refractivity contribution in [2.75, 3.05) is 10.6 Å². The minimum atomic E-state index is -5.03. The van der Waals surface area contributed by atoms with Crippen molar-refractivity contribution in [2.45, 2.75) is 19.3 Å². The van der Waals surface area contributed by atoms with E-state index in [9.17, 15) is 31.1 Å². The van der Waals surface area contributed by atoms with Crippen molar-refractivity contribution in [2.24, 2.45) is 0 Å². The molecule has 158 valence electrons. The van der Waals surface area contributed by atoms with Crippen LogP contribution in [0.15, 0.2) is 48.2 Å². The van der Waals surface area contributed by atoms with Gasteiger partial charge in [0, 0.05) is 22.6 Å². The van der Waals surface area contributed by atoms with Crippen molar-refractivity contribution in [1.29, 1.82) is 5.26 Å². The van der Waals surface area contributed by atoms with Gasteiger partial charge in [0.15, 0.2) is 0 Å². The molecule has 0 aliphatic heterocycles. The molecule has 0 aliphatic rings. The van der Waals surface area contributed by atoms with E-state index in [1.54, 1.807) is 13.0 Å². The van der Waals surface area contributed by atoms with E-state index in [-0.39, 0.29) is 11.8 Å². The van der Waals surface area contributed by atoms with Gasteiger partial charge in [0.2, 0.25) is 0 Å². The fourth-order valence-electron chi connectivity index (χ4n) is 2.21. The summed E-state index contributed by atoms with van der Waals surface area (Å²) in [6.07, 6.45) is -9.34. The monoisotopic (exact) mass is 447 g/mol. The largest absolute Gasteiger partial charge is 0.416 e. The lowest BCUT2D eigenvalue weighted by Crippen LogP contribution is -2.15. The van der Waals surface area contributed by atoms with Crippen LogP contribution >= 0.6 is 11.6 Å². The number of hydrogen-bond donors (Lipinski definition) is 2. The molecule has 2 aromatic carbocycles. The molecule has 0 saturated carbocycles. The number of halogens is 7. The standard InChI is InChI=1S/C19H12ClF6N3O/c1-10-2-3-14(7-16(10)20)29-17(30)11(8-27)9-28-15-5-12(18(21,22)23)4-13(6-15)19(24,25)26/h2-7,9,28H,1H3,(H,29,30)/b11-9-. The molecular weight excluding hydrogens is 436 g/mol. The predicted molar refractivity (Wildman–Crippen MR) is 98.6 cm³/mol. The van der Waals surface area contributed by atoms with Crippen LogP contribution in [-0.2, 0) is 17.1 Å². The lowest BCUT2D eigenvalue weighted by molar-refractivity contribution is -0.143. The summed E-state index contributed by atoms with van der Waals surface area (Å²) in [6, 6.07) is 6.87. The van der Waals surface area contributed by atoms with Gasteiger partial charge in [-0.15, -0.1) is 0 Å². The van der Waals surface area contributed by atoms with E-state index in [1.165, 1.54) is 18.2 Å². The van der Waals surface area contributed by atoms with Crippen molar-refractivity contribution >= 4 is 28.9 Å². The van der Waals surface area contributed by atoms with Gasteiger partial charge < -0.3 is 10.6 Å². The number of hydrogen-bond acceptors (Lipinski definition) is 3. The van der Waals surface area contributed by atoms with Crippen LogP contribution in [0.4, 0.5) is 37.7 Å². The first kappa shape index (κ1) is 23.1. The zero-order valence-electron chi connectivity index (χ0n) is 15.0. The van der Waals surface area contributed by atoms with E-state index >= 15 is 0 Å². The van der Waals surface area contributed by atoms with Gasteiger partial charge in [0.05, 0.1) is 11.1 Å². The second-order valence-corrected chi connectivity index (χ2v) is 6.43. The normalized spacial score (nSPS) is 12.3. The zero-order valence-corrected chi connectivity index (χ0v) is 15.8. The molecule has 0 spiro atoms. The Labute approximate surface area is 171 Å². The number of benzene rings is 2. The molecular formula is C19H12ClF6N3O. The van der Waals surface area contributed by atoms with Gasteiger partial charge in [0.25, 0.3) is 5.91 Å². The van der Waals surface area contributed by atoms with Crippen LogP contribution < -0.4 is 10.6 Å². The fourth-order valence-corrected chi connectivity index (χ4v) is 2.39. The number of alkyl halides is 6. The Morgan fingerprint density at radius 1 is 1.00 bits per heavy atom. The summed E-state index contributed by atoms with van der Waals surface area (Å²) in [6.45, 7) is 1.72. The average molecular weight is 448 g/mol. The van der Waals surface area contributed by atoms with Gasteiger partial charge in [-0.3, -0.25) is 4.79 Å². The molecule has 2 N–H and O–H groups in total. The highest BCUT2D eigenvalue weighted by Crippen LogP contribution is 2.37. The number of aryl methyl sites for hydroxylation is 1. The van der Waals surface area contributed by atoms with E-state index in [1.807, 2.05) is 0 Å². The lowest BCUT2D eigenvalue weighted by Gasteiger charge is -2.14. The lowest BCUT2D eigenvalue weighted by atomic mass is 10.1. The molecule has 0 aliphatic carbocycles. The third kappa shape index (κ3) is 5.90. The molecule has 2 aromatic rings. The van der Waals surface area contributed by atoms with E-state index in [2.05, 4.69) is 10.6 Å². The summed E-state index contributed by atoms with van der Waals surface area (Å²) in [4.78, 5) is 12.2. The van der Waals surface area contributed by atoms with Crippen LogP contribution in [0.25, 0.3) is 0 Å². The summed E-state index contributed by atoms with van der Waals surface area (Å²) in [5.74, 6) is -0.937. The minimum absolute atomic E-state index is 0.0338. The molecule has 0 unspecified atom stereocenters. The molecule has 4 nitrogen and oxygen atoms in total. The summed E-state index contributed by atoms with van der Waals surface area (Å²) in [5, 5.41) is 13.9. The number of amides is 1. The van der Waals surface area contributed by atoms with E-state index in [0.29, 0.717) is 23.4 Å². The van der Waals surface area contributed by atoms with E-state index < -0.39 is 40.6 Å². The fraction of sp³-hybridized carbons (Fsp3) is 0.158. The van der Waals surface area contributed by atoms with Crippen molar-refractivity contribution in [3.8, 4) is 6.07 Å². The maximum atomic E-state index is 12.9. The van der Waals surface area contributed by atoms with Crippen molar-refractivity contribution in [3.05, 3.63) is 69.9 Å². The van der Waals surface area contributed by atoms with Crippen LogP contribution in [0, 0.1) is 18.3 Å². The van der Waals surface area contributed by atoms with Crippen LogP contribution in [0.5, 0.6) is 0 Å². The topological polar surface area (TPSA) is 64.9 Å². The third-order valence-corrected chi connectivity index (χ3v) is 4.17. The Balaban J connectivity index is 2.30. The second-order valence-electron chi connectivity index (χ2n) is 6.03. The van der Waals surface area contributed by atoms with Gasteiger partial charge in [-0.2, -0.15) is 31.6 Å². The maximum absolute atomic E-state index is 12.9. The van der Waals surface area contributed by atoms with Gasteiger partial charge in [-0.25, -0.2) is 0 Å². The first-order chi connectivity index (χ1) is 13.8. The first-order valence-electron chi connectivity index (χ1n) is 8.05. The molecule has 0 atom stereocenters. The quantitative estimate of drug-likeness (QED) is 0.336. The molecule has 0 radical (unpaired) electrons. The Morgan fingerprint density at radius 3 is 2.03 bits per heavy atom. The molecule has 0 fully saturated rings. The molecule has 0 heterocycles. The number of rotatable bonds is 4. The molecule has 1 amide bonds. The highest BCUT2D eigenvalue weighted by atomic mass is 35.5.